The zero-order valence-corrected chi connectivity index (χ0v) is 12.3. The third-order valence-corrected chi connectivity index (χ3v) is 3.46. The summed E-state index contributed by atoms with van der Waals surface area (Å²) in [7, 11) is 0. The molecular weight excluding hydrogens is 275 g/mol. The molecule has 1 heterocycles. The monoisotopic (exact) mass is 297 g/mol. The van der Waals surface area contributed by atoms with Gasteiger partial charge in [0.1, 0.15) is 5.60 Å². The summed E-state index contributed by atoms with van der Waals surface area (Å²) in [5.41, 5.74) is -3.67. The molecule has 0 radical (unpaired) electrons. The topological polar surface area (TPSA) is 49.8 Å². The number of nitrogens with zero attached hydrogens (tertiary/aromatic N) is 1. The van der Waals surface area contributed by atoms with Crippen molar-refractivity contribution in [3.8, 4) is 0 Å². The zero-order chi connectivity index (χ0) is 15.8. The largest absolute Gasteiger partial charge is 0.444 e. The lowest BCUT2D eigenvalue weighted by Crippen LogP contribution is -2.60. The maximum absolute atomic E-state index is 13.1. The van der Waals surface area contributed by atoms with Gasteiger partial charge >= 0.3 is 12.3 Å². The highest BCUT2D eigenvalue weighted by Crippen LogP contribution is 2.41. The normalized spacial score (nSPS) is 23.6. The second-order valence-electron chi connectivity index (χ2n) is 6.11. The lowest BCUT2D eigenvalue weighted by Gasteiger charge is -2.39. The summed E-state index contributed by atoms with van der Waals surface area (Å²) >= 11 is 0. The van der Waals surface area contributed by atoms with Crippen molar-refractivity contribution < 1.29 is 27.8 Å². The van der Waals surface area contributed by atoms with Gasteiger partial charge < -0.3 is 14.7 Å². The predicted molar refractivity (Wildman–Crippen MR) is 67.3 cm³/mol. The second kappa shape index (κ2) is 5.42. The molecular formula is C13H22F3NO3. The molecule has 1 aliphatic heterocycles. The summed E-state index contributed by atoms with van der Waals surface area (Å²) in [6.45, 7) is 6.36. The molecule has 0 saturated carbocycles. The highest BCUT2D eigenvalue weighted by molar-refractivity contribution is 5.69. The van der Waals surface area contributed by atoms with E-state index in [1.807, 2.05) is 0 Å². The maximum atomic E-state index is 13.1. The Morgan fingerprint density at radius 3 is 2.30 bits per heavy atom. The van der Waals surface area contributed by atoms with Gasteiger partial charge in [-0.2, -0.15) is 13.2 Å². The Kier molecular flexibility index (Phi) is 4.63. The van der Waals surface area contributed by atoms with Crippen molar-refractivity contribution in [1.82, 2.24) is 4.90 Å². The van der Waals surface area contributed by atoms with Crippen molar-refractivity contribution in [2.45, 2.75) is 70.4 Å². The van der Waals surface area contributed by atoms with Gasteiger partial charge in [0.2, 0.25) is 0 Å². The number of amides is 1. The average Bonchev–Trinajstić information content (AvgIpc) is 2.73. The second-order valence-corrected chi connectivity index (χ2v) is 6.11. The molecule has 1 fully saturated rings. The van der Waals surface area contributed by atoms with Crippen molar-refractivity contribution >= 4 is 6.09 Å². The predicted octanol–water partition coefficient (Wildman–Crippen LogP) is 3.09. The van der Waals surface area contributed by atoms with Crippen LogP contribution in [0.3, 0.4) is 0 Å². The molecule has 2 atom stereocenters. The maximum Gasteiger partial charge on any atom is 0.419 e. The van der Waals surface area contributed by atoms with E-state index >= 15 is 0 Å². The van der Waals surface area contributed by atoms with E-state index in [4.69, 9.17) is 4.74 Å². The summed E-state index contributed by atoms with van der Waals surface area (Å²) < 4.78 is 44.4. The highest BCUT2D eigenvalue weighted by Gasteiger charge is 2.60. The molecule has 20 heavy (non-hydrogen) atoms. The minimum atomic E-state index is -4.78. The van der Waals surface area contributed by atoms with Crippen LogP contribution in [-0.4, -0.2) is 46.1 Å². The molecule has 118 valence electrons. The van der Waals surface area contributed by atoms with Crippen molar-refractivity contribution in [3.05, 3.63) is 0 Å². The molecule has 0 spiro atoms. The van der Waals surface area contributed by atoms with Gasteiger partial charge in [0, 0.05) is 6.54 Å². The molecule has 4 nitrogen and oxygen atoms in total. The number of aliphatic hydroxyl groups is 1. The molecule has 1 aliphatic rings. The Hall–Kier alpha value is -0.980. The van der Waals surface area contributed by atoms with Crippen LogP contribution in [0.2, 0.25) is 0 Å². The number of halogens is 3. The Morgan fingerprint density at radius 2 is 1.90 bits per heavy atom. The van der Waals surface area contributed by atoms with Crippen LogP contribution in [0, 0.1) is 0 Å². The summed E-state index contributed by atoms with van der Waals surface area (Å²) in [5.74, 6) is 0. The Bertz CT molecular complexity index is 365. The fourth-order valence-electron chi connectivity index (χ4n) is 2.43. The molecule has 0 unspecified atom stereocenters. The van der Waals surface area contributed by atoms with Gasteiger partial charge in [-0.1, -0.05) is 6.92 Å². The first kappa shape index (κ1) is 17.1. The molecule has 1 N–H and O–H groups in total. The molecule has 1 saturated heterocycles. The van der Waals surface area contributed by atoms with E-state index in [1.54, 1.807) is 20.8 Å². The molecule has 0 bridgehead atoms. The van der Waals surface area contributed by atoms with E-state index in [2.05, 4.69) is 0 Å². The first-order chi connectivity index (χ1) is 8.92. The number of hydrogen-bond donors (Lipinski definition) is 1. The van der Waals surface area contributed by atoms with Gasteiger partial charge in [0.25, 0.3) is 0 Å². The fourth-order valence-corrected chi connectivity index (χ4v) is 2.43. The van der Waals surface area contributed by atoms with Gasteiger partial charge in [-0.15, -0.1) is 0 Å². The van der Waals surface area contributed by atoms with Crippen LogP contribution in [0.5, 0.6) is 0 Å². The standard InChI is InChI=1S/C13H22F3NO3/c1-5-12(19,13(14,15)16)9-7-6-8-17(9)10(18)20-11(2,3)4/h9,19H,5-8H2,1-4H3/t9-,12+/m0/s1. The summed E-state index contributed by atoms with van der Waals surface area (Å²) in [6, 6.07) is -1.29. The minimum absolute atomic E-state index is 0.114. The molecule has 0 aromatic carbocycles. The van der Waals surface area contributed by atoms with Crippen LogP contribution < -0.4 is 0 Å². The van der Waals surface area contributed by atoms with E-state index < -0.39 is 35.9 Å². The van der Waals surface area contributed by atoms with Crippen molar-refractivity contribution in [3.63, 3.8) is 0 Å². The number of alkyl halides is 3. The van der Waals surface area contributed by atoms with Crippen molar-refractivity contribution in [2.75, 3.05) is 6.54 Å². The molecule has 1 rings (SSSR count). The SMILES string of the molecule is CC[C@@](O)([C@@H]1CCCN1C(=O)OC(C)(C)C)C(F)(F)F. The minimum Gasteiger partial charge on any atom is -0.444 e. The highest BCUT2D eigenvalue weighted by atomic mass is 19.4. The summed E-state index contributed by atoms with van der Waals surface area (Å²) in [6.07, 6.45) is -5.56. The number of rotatable bonds is 2. The third kappa shape index (κ3) is 3.37. The van der Waals surface area contributed by atoms with Gasteiger partial charge in [0.05, 0.1) is 6.04 Å². The van der Waals surface area contributed by atoms with Gasteiger partial charge in [0.15, 0.2) is 5.60 Å². The first-order valence-corrected chi connectivity index (χ1v) is 6.71. The summed E-state index contributed by atoms with van der Waals surface area (Å²) in [4.78, 5) is 13.0. The van der Waals surface area contributed by atoms with Crippen molar-refractivity contribution in [2.24, 2.45) is 0 Å². The average molecular weight is 297 g/mol. The van der Waals surface area contributed by atoms with Gasteiger partial charge in [-0.3, -0.25) is 0 Å². The van der Waals surface area contributed by atoms with Crippen LogP contribution in [0.1, 0.15) is 47.0 Å². The smallest absolute Gasteiger partial charge is 0.419 e. The van der Waals surface area contributed by atoms with E-state index in [0.29, 0.717) is 6.42 Å². The van der Waals surface area contributed by atoms with Crippen LogP contribution in [0.15, 0.2) is 0 Å². The van der Waals surface area contributed by atoms with E-state index in [1.165, 1.54) is 6.92 Å². The van der Waals surface area contributed by atoms with E-state index in [9.17, 15) is 23.1 Å². The quantitative estimate of drug-likeness (QED) is 0.852. The van der Waals surface area contributed by atoms with Crippen LogP contribution in [0.25, 0.3) is 0 Å². The van der Waals surface area contributed by atoms with Crippen LogP contribution in [-0.2, 0) is 4.74 Å². The van der Waals surface area contributed by atoms with Crippen molar-refractivity contribution in [1.29, 1.82) is 0 Å². The third-order valence-electron chi connectivity index (χ3n) is 3.46. The number of ether oxygens (including phenoxy) is 1. The van der Waals surface area contributed by atoms with E-state index in [0.717, 1.165) is 4.90 Å². The lowest BCUT2D eigenvalue weighted by atomic mass is 9.89. The molecule has 0 aromatic heterocycles. The van der Waals surface area contributed by atoms with Gasteiger partial charge in [-0.05, 0) is 40.0 Å². The Labute approximate surface area is 116 Å². The number of hydrogen-bond acceptors (Lipinski definition) is 3. The van der Waals surface area contributed by atoms with Gasteiger partial charge in [-0.25, -0.2) is 4.79 Å². The molecule has 1 amide bonds. The van der Waals surface area contributed by atoms with Crippen LogP contribution in [0.4, 0.5) is 18.0 Å². The molecule has 0 aromatic rings. The zero-order valence-electron chi connectivity index (χ0n) is 12.3. The Balaban J connectivity index is 2.97. The number of carbonyl (C=O) groups excluding carboxylic acids is 1. The molecule has 7 heteroatoms. The van der Waals surface area contributed by atoms with Crippen LogP contribution >= 0.6 is 0 Å². The summed E-state index contributed by atoms with van der Waals surface area (Å²) in [5, 5.41) is 10.00. The number of carbonyl (C=O) groups is 1. The first-order valence-electron chi connectivity index (χ1n) is 6.71. The fraction of sp³-hybridized carbons (Fsp3) is 0.923. The molecule has 0 aliphatic carbocycles. The number of likely N-dealkylation sites (tertiary alicyclic amines) is 1. The Morgan fingerprint density at radius 1 is 1.35 bits per heavy atom. The van der Waals surface area contributed by atoms with E-state index in [-0.39, 0.29) is 13.0 Å². The lowest BCUT2D eigenvalue weighted by molar-refractivity contribution is -0.277.